The van der Waals surface area contributed by atoms with E-state index in [1.807, 2.05) is 6.07 Å². The molecule has 4 rings (SSSR count). The average Bonchev–Trinajstić information content (AvgIpc) is 2.98. The Balaban J connectivity index is 1.76. The fourth-order valence-electron chi connectivity index (χ4n) is 3.48. The molecule has 2 aromatic carbocycles. The van der Waals surface area contributed by atoms with E-state index in [-0.39, 0.29) is 0 Å². The number of hydrogen-bond donors (Lipinski definition) is 0. The molecule has 0 N–H and O–H groups in total. The van der Waals surface area contributed by atoms with Crippen molar-refractivity contribution in [1.82, 2.24) is 4.98 Å². The van der Waals surface area contributed by atoms with Gasteiger partial charge in [-0.1, -0.05) is 76.6 Å². The molecule has 1 aliphatic carbocycles. The van der Waals surface area contributed by atoms with Crippen LogP contribution in [0.25, 0.3) is 16.8 Å². The highest BCUT2D eigenvalue weighted by molar-refractivity contribution is 9.10. The number of pyridine rings is 1. The van der Waals surface area contributed by atoms with Crippen molar-refractivity contribution in [2.45, 2.75) is 25.7 Å². The van der Waals surface area contributed by atoms with E-state index in [1.54, 1.807) is 0 Å². The fourth-order valence-corrected chi connectivity index (χ4v) is 3.93. The maximum Gasteiger partial charge on any atom is 0.0712 e. The van der Waals surface area contributed by atoms with Gasteiger partial charge in [0.25, 0.3) is 0 Å². The first-order chi connectivity index (χ1) is 13.3. The molecule has 1 aliphatic rings. The van der Waals surface area contributed by atoms with Crippen LogP contribution in [0.1, 0.15) is 36.1 Å². The summed E-state index contributed by atoms with van der Waals surface area (Å²) in [7, 11) is 0. The van der Waals surface area contributed by atoms with E-state index in [4.69, 9.17) is 4.98 Å². The van der Waals surface area contributed by atoms with Crippen LogP contribution in [0.5, 0.6) is 0 Å². The van der Waals surface area contributed by atoms with Crippen LogP contribution >= 0.6 is 15.9 Å². The lowest BCUT2D eigenvalue weighted by atomic mass is 9.98. The Morgan fingerprint density at radius 1 is 0.852 bits per heavy atom. The summed E-state index contributed by atoms with van der Waals surface area (Å²) < 4.78 is 1.12. The summed E-state index contributed by atoms with van der Waals surface area (Å²) in [4.78, 5) is 5.02. The summed E-state index contributed by atoms with van der Waals surface area (Å²) >= 11 is 3.58. The smallest absolute Gasteiger partial charge is 0.0712 e. The second kappa shape index (κ2) is 8.49. The Labute approximate surface area is 169 Å². The molecule has 0 aliphatic heterocycles. The largest absolute Gasteiger partial charge is 0.248 e. The van der Waals surface area contributed by atoms with Gasteiger partial charge in [-0.15, -0.1) is 0 Å². The molecule has 1 nitrogen and oxygen atoms in total. The van der Waals surface area contributed by atoms with Crippen LogP contribution < -0.4 is 0 Å². The van der Waals surface area contributed by atoms with E-state index in [1.165, 1.54) is 28.7 Å². The highest BCUT2D eigenvalue weighted by Gasteiger charge is 2.10. The Hall–Kier alpha value is -2.45. The van der Waals surface area contributed by atoms with Crippen LogP contribution in [0.3, 0.4) is 0 Å². The van der Waals surface area contributed by atoms with Crippen molar-refractivity contribution in [2.75, 3.05) is 0 Å². The first-order valence-electron chi connectivity index (χ1n) is 9.45. The Morgan fingerprint density at radius 3 is 2.56 bits per heavy atom. The highest BCUT2D eigenvalue weighted by Crippen LogP contribution is 2.28. The van der Waals surface area contributed by atoms with Crippen molar-refractivity contribution in [3.05, 3.63) is 106 Å². The van der Waals surface area contributed by atoms with Gasteiger partial charge in [-0.2, -0.15) is 0 Å². The number of nitrogens with zero attached hydrogens (tertiary/aromatic N) is 1. The molecule has 0 amide bonds. The molecule has 0 spiro atoms. The summed E-state index contributed by atoms with van der Waals surface area (Å²) in [5, 5.41) is 0. The molecule has 27 heavy (non-hydrogen) atoms. The summed E-state index contributed by atoms with van der Waals surface area (Å²) in [5.74, 6) is 0. The van der Waals surface area contributed by atoms with Gasteiger partial charge in [-0.25, -0.2) is 4.98 Å². The van der Waals surface area contributed by atoms with Crippen LogP contribution in [0, 0.1) is 0 Å². The van der Waals surface area contributed by atoms with E-state index >= 15 is 0 Å². The zero-order valence-electron chi connectivity index (χ0n) is 15.2. The lowest BCUT2D eigenvalue weighted by molar-refractivity contribution is 0.882. The topological polar surface area (TPSA) is 12.9 Å². The molecule has 0 radical (unpaired) electrons. The van der Waals surface area contributed by atoms with Gasteiger partial charge < -0.3 is 0 Å². The maximum atomic E-state index is 5.02. The van der Waals surface area contributed by atoms with Crippen molar-refractivity contribution >= 4 is 21.5 Å². The lowest BCUT2D eigenvalue weighted by Gasteiger charge is -2.12. The number of benzene rings is 2. The molecule has 2 heteroatoms. The minimum atomic E-state index is 0.901. The molecule has 134 valence electrons. The molecule has 1 aromatic heterocycles. The predicted molar refractivity (Wildman–Crippen MR) is 118 cm³/mol. The van der Waals surface area contributed by atoms with Crippen LogP contribution in [-0.4, -0.2) is 4.98 Å². The molecule has 0 unspecified atom stereocenters. The lowest BCUT2D eigenvalue weighted by Crippen LogP contribution is -1.97. The average molecular weight is 416 g/mol. The van der Waals surface area contributed by atoms with Crippen molar-refractivity contribution in [3.63, 3.8) is 0 Å². The maximum absolute atomic E-state index is 5.02. The third-order valence-electron chi connectivity index (χ3n) is 4.83. The van der Waals surface area contributed by atoms with Gasteiger partial charge in [0.1, 0.15) is 0 Å². The third kappa shape index (κ3) is 4.64. The van der Waals surface area contributed by atoms with Crippen LogP contribution in [0.4, 0.5) is 0 Å². The SMILES string of the molecule is Brc1cccc(Cc2cc(C3=CC=CCCC3)nc(-c3ccccc3)c2)c1. The Bertz CT molecular complexity index is 986. The van der Waals surface area contributed by atoms with Crippen molar-refractivity contribution in [1.29, 1.82) is 0 Å². The zero-order chi connectivity index (χ0) is 18.5. The fraction of sp³-hybridized carbons (Fsp3) is 0.160. The minimum absolute atomic E-state index is 0.901. The first kappa shape index (κ1) is 17.9. The van der Waals surface area contributed by atoms with Crippen LogP contribution in [0.15, 0.2) is 89.4 Å². The second-order valence-electron chi connectivity index (χ2n) is 6.93. The number of hydrogen-bond acceptors (Lipinski definition) is 1. The van der Waals surface area contributed by atoms with Gasteiger partial charge in [0.15, 0.2) is 0 Å². The van der Waals surface area contributed by atoms with Crippen molar-refractivity contribution < 1.29 is 0 Å². The molecule has 3 aromatic rings. The van der Waals surface area contributed by atoms with Gasteiger partial charge in [-0.3, -0.25) is 0 Å². The van der Waals surface area contributed by atoms with Gasteiger partial charge in [0.05, 0.1) is 11.4 Å². The van der Waals surface area contributed by atoms with E-state index in [0.717, 1.165) is 35.1 Å². The zero-order valence-corrected chi connectivity index (χ0v) is 16.8. The van der Waals surface area contributed by atoms with E-state index < -0.39 is 0 Å². The molecule has 0 fully saturated rings. The quantitative estimate of drug-likeness (QED) is 0.437. The summed E-state index contributed by atoms with van der Waals surface area (Å²) in [6.07, 6.45) is 11.0. The van der Waals surface area contributed by atoms with Gasteiger partial charge in [-0.05, 0) is 66.6 Å². The molecule has 0 atom stereocenters. The normalized spacial score (nSPS) is 13.9. The molecule has 0 saturated carbocycles. The Kier molecular flexibility index (Phi) is 5.64. The van der Waals surface area contributed by atoms with E-state index in [0.29, 0.717) is 0 Å². The summed E-state index contributed by atoms with van der Waals surface area (Å²) in [5.41, 5.74) is 7.25. The molecule has 0 bridgehead atoms. The minimum Gasteiger partial charge on any atom is -0.248 e. The van der Waals surface area contributed by atoms with Gasteiger partial charge in [0, 0.05) is 10.0 Å². The molecular formula is C25H22BrN. The highest BCUT2D eigenvalue weighted by atomic mass is 79.9. The van der Waals surface area contributed by atoms with Crippen LogP contribution in [-0.2, 0) is 6.42 Å². The van der Waals surface area contributed by atoms with Crippen molar-refractivity contribution in [2.24, 2.45) is 0 Å². The molecular weight excluding hydrogens is 394 g/mol. The Morgan fingerprint density at radius 2 is 1.70 bits per heavy atom. The summed E-state index contributed by atoms with van der Waals surface area (Å²) in [6.45, 7) is 0. The van der Waals surface area contributed by atoms with Gasteiger partial charge >= 0.3 is 0 Å². The number of allylic oxidation sites excluding steroid dienone is 4. The molecule has 0 saturated heterocycles. The predicted octanol–water partition coefficient (Wildman–Crippen LogP) is 7.23. The number of aromatic nitrogens is 1. The van der Waals surface area contributed by atoms with E-state index in [9.17, 15) is 0 Å². The standard InChI is InChI=1S/C25H22BrN/c26-23-14-8-9-19(16-23)15-20-17-24(21-10-4-1-2-5-11-21)27-25(18-20)22-12-6-3-7-13-22/h1,3-4,6-10,12-14,16-18H,2,5,11,15H2. The first-order valence-corrected chi connectivity index (χ1v) is 10.2. The number of halogens is 1. The van der Waals surface area contributed by atoms with Crippen LogP contribution in [0.2, 0.25) is 0 Å². The third-order valence-corrected chi connectivity index (χ3v) is 5.32. The van der Waals surface area contributed by atoms with E-state index in [2.05, 4.69) is 94.8 Å². The summed E-state index contributed by atoms with van der Waals surface area (Å²) in [6, 6.07) is 23.5. The van der Waals surface area contributed by atoms with Gasteiger partial charge in [0.2, 0.25) is 0 Å². The second-order valence-corrected chi connectivity index (χ2v) is 7.85. The van der Waals surface area contributed by atoms with Crippen molar-refractivity contribution in [3.8, 4) is 11.3 Å². The molecule has 1 heterocycles. The number of rotatable bonds is 4. The monoisotopic (exact) mass is 415 g/mol.